The topological polar surface area (TPSA) is 20.3 Å². The van der Waals surface area contributed by atoms with Crippen molar-refractivity contribution < 1.29 is 4.79 Å². The predicted octanol–water partition coefficient (Wildman–Crippen LogP) is 3.86. The maximum absolute atomic E-state index is 12.4. The van der Waals surface area contributed by atoms with Crippen molar-refractivity contribution in [1.82, 2.24) is 4.90 Å². The Balaban J connectivity index is 2.18. The van der Waals surface area contributed by atoms with Gasteiger partial charge in [-0.05, 0) is 53.8 Å². The van der Waals surface area contributed by atoms with Crippen LogP contribution in [-0.4, -0.2) is 23.4 Å². The lowest BCUT2D eigenvalue weighted by molar-refractivity contribution is 0.0456. The van der Waals surface area contributed by atoms with Crippen molar-refractivity contribution in [2.75, 3.05) is 6.54 Å². The molecule has 0 aliphatic carbocycles. The molecule has 0 radical (unpaired) electrons. The highest BCUT2D eigenvalue weighted by Crippen LogP contribution is 2.29. The minimum absolute atomic E-state index is 0.204. The van der Waals surface area contributed by atoms with E-state index in [0.29, 0.717) is 17.9 Å². The average Bonchev–Trinajstić information content (AvgIpc) is 2.69. The molecule has 0 N–H and O–H groups in total. The minimum Gasteiger partial charge on any atom is -0.335 e. The molecule has 1 aromatic rings. The third kappa shape index (κ3) is 2.84. The molecule has 0 saturated carbocycles. The van der Waals surface area contributed by atoms with Gasteiger partial charge in [0, 0.05) is 18.0 Å². The zero-order valence-electron chi connectivity index (χ0n) is 10.4. The Hall–Kier alpha value is -0.100. The second-order valence-electron chi connectivity index (χ2n) is 5.16. The van der Waals surface area contributed by atoms with Gasteiger partial charge in [0.1, 0.15) is 0 Å². The summed E-state index contributed by atoms with van der Waals surface area (Å²) in [5.41, 5.74) is 0.854. The monoisotopic (exact) mass is 363 g/mol. The molecule has 1 aliphatic rings. The standard InChI is InChI=1S/C13H18INOS/c1-8-4-9(2)10(3)15(6-8)13(16)11-5-12(14)17-7-11/h5,7-10H,4,6H2,1-3H3. The van der Waals surface area contributed by atoms with E-state index in [1.807, 2.05) is 11.4 Å². The van der Waals surface area contributed by atoms with Crippen molar-refractivity contribution in [2.45, 2.75) is 33.2 Å². The van der Waals surface area contributed by atoms with Crippen molar-refractivity contribution in [2.24, 2.45) is 11.8 Å². The van der Waals surface area contributed by atoms with Crippen LogP contribution in [-0.2, 0) is 0 Å². The molecule has 0 bridgehead atoms. The highest BCUT2D eigenvalue weighted by Gasteiger charge is 2.32. The first kappa shape index (κ1) is 13.3. The zero-order chi connectivity index (χ0) is 12.6. The van der Waals surface area contributed by atoms with Crippen molar-refractivity contribution >= 4 is 39.8 Å². The summed E-state index contributed by atoms with van der Waals surface area (Å²) < 4.78 is 1.18. The normalized spacial score (nSPS) is 29.4. The van der Waals surface area contributed by atoms with Gasteiger partial charge in [0.05, 0.1) is 8.45 Å². The number of rotatable bonds is 1. The van der Waals surface area contributed by atoms with E-state index in [2.05, 4.69) is 48.3 Å². The quantitative estimate of drug-likeness (QED) is 0.694. The number of carbonyl (C=O) groups excluding carboxylic acids is 1. The molecule has 17 heavy (non-hydrogen) atoms. The Morgan fingerprint density at radius 1 is 1.47 bits per heavy atom. The van der Waals surface area contributed by atoms with Gasteiger partial charge < -0.3 is 4.90 Å². The van der Waals surface area contributed by atoms with Crippen molar-refractivity contribution in [1.29, 1.82) is 0 Å². The fraction of sp³-hybridized carbons (Fsp3) is 0.615. The van der Waals surface area contributed by atoms with Crippen molar-refractivity contribution in [3.05, 3.63) is 19.9 Å². The second-order valence-corrected chi connectivity index (χ2v) is 7.96. The lowest BCUT2D eigenvalue weighted by atomic mass is 9.85. The molecule has 2 rings (SSSR count). The van der Waals surface area contributed by atoms with Gasteiger partial charge in [-0.15, -0.1) is 11.3 Å². The number of amides is 1. The van der Waals surface area contributed by atoms with Crippen LogP contribution in [0, 0.1) is 14.7 Å². The highest BCUT2D eigenvalue weighted by molar-refractivity contribution is 14.1. The van der Waals surface area contributed by atoms with Crippen LogP contribution in [0.4, 0.5) is 0 Å². The highest BCUT2D eigenvalue weighted by atomic mass is 127. The fourth-order valence-corrected chi connectivity index (χ4v) is 3.89. The summed E-state index contributed by atoms with van der Waals surface area (Å²) >= 11 is 3.90. The molecule has 1 amide bonds. The Morgan fingerprint density at radius 2 is 2.18 bits per heavy atom. The number of carbonyl (C=O) groups is 1. The summed E-state index contributed by atoms with van der Waals surface area (Å²) in [5.74, 6) is 1.42. The smallest absolute Gasteiger partial charge is 0.254 e. The SMILES string of the molecule is CC1CC(C)C(C)N(C(=O)c2csc(I)c2)C1. The van der Waals surface area contributed by atoms with Gasteiger partial charge in [-0.1, -0.05) is 13.8 Å². The van der Waals surface area contributed by atoms with Crippen LogP contribution in [0.1, 0.15) is 37.6 Å². The van der Waals surface area contributed by atoms with Crippen molar-refractivity contribution in [3.8, 4) is 0 Å². The maximum Gasteiger partial charge on any atom is 0.254 e. The minimum atomic E-state index is 0.204. The van der Waals surface area contributed by atoms with E-state index in [1.54, 1.807) is 11.3 Å². The van der Waals surface area contributed by atoms with E-state index >= 15 is 0 Å². The fourth-order valence-electron chi connectivity index (χ4n) is 2.57. The average molecular weight is 363 g/mol. The number of piperidine rings is 1. The molecule has 94 valence electrons. The molecule has 3 atom stereocenters. The molecule has 1 aliphatic heterocycles. The number of hydrogen-bond donors (Lipinski definition) is 0. The van der Waals surface area contributed by atoms with Gasteiger partial charge in [-0.2, -0.15) is 0 Å². The molecule has 1 aromatic heterocycles. The van der Waals surface area contributed by atoms with E-state index in [4.69, 9.17) is 0 Å². The number of halogens is 1. The molecule has 2 heterocycles. The first-order valence-corrected chi connectivity index (χ1v) is 8.00. The Kier molecular flexibility index (Phi) is 4.13. The maximum atomic E-state index is 12.4. The van der Waals surface area contributed by atoms with Gasteiger partial charge in [0.15, 0.2) is 0 Å². The lowest BCUT2D eigenvalue weighted by Crippen LogP contribution is -2.48. The van der Waals surface area contributed by atoms with Crippen LogP contribution in [0.25, 0.3) is 0 Å². The summed E-state index contributed by atoms with van der Waals surface area (Å²) in [7, 11) is 0. The first-order chi connectivity index (χ1) is 7.99. The van der Waals surface area contributed by atoms with Gasteiger partial charge in [0.2, 0.25) is 0 Å². The van der Waals surface area contributed by atoms with Crippen LogP contribution in [0.3, 0.4) is 0 Å². The Bertz CT molecular complexity index is 417. The van der Waals surface area contributed by atoms with Crippen LogP contribution in [0.2, 0.25) is 0 Å². The van der Waals surface area contributed by atoms with Crippen LogP contribution < -0.4 is 0 Å². The van der Waals surface area contributed by atoms with Gasteiger partial charge in [0.25, 0.3) is 5.91 Å². The molecule has 1 saturated heterocycles. The molecule has 3 unspecified atom stereocenters. The van der Waals surface area contributed by atoms with Crippen LogP contribution in [0.5, 0.6) is 0 Å². The summed E-state index contributed by atoms with van der Waals surface area (Å²) in [6.07, 6.45) is 1.23. The molecular formula is C13H18INOS. The summed E-state index contributed by atoms with van der Waals surface area (Å²) in [4.78, 5) is 14.5. The van der Waals surface area contributed by atoms with E-state index in [0.717, 1.165) is 12.1 Å². The molecule has 0 spiro atoms. The number of nitrogens with zero attached hydrogens (tertiary/aromatic N) is 1. The summed E-state index contributed by atoms with van der Waals surface area (Å²) in [6, 6.07) is 2.35. The summed E-state index contributed by atoms with van der Waals surface area (Å²) in [6.45, 7) is 7.56. The van der Waals surface area contributed by atoms with Gasteiger partial charge in [-0.3, -0.25) is 4.79 Å². The van der Waals surface area contributed by atoms with Gasteiger partial charge >= 0.3 is 0 Å². The Labute approximate surface area is 121 Å². The molecule has 2 nitrogen and oxygen atoms in total. The van der Waals surface area contributed by atoms with E-state index in [-0.39, 0.29) is 5.91 Å². The zero-order valence-corrected chi connectivity index (χ0v) is 13.4. The Morgan fingerprint density at radius 3 is 2.76 bits per heavy atom. The molecular weight excluding hydrogens is 345 g/mol. The number of hydrogen-bond acceptors (Lipinski definition) is 2. The van der Waals surface area contributed by atoms with E-state index in [9.17, 15) is 4.79 Å². The third-order valence-electron chi connectivity index (χ3n) is 3.67. The molecule has 4 heteroatoms. The number of likely N-dealkylation sites (tertiary alicyclic amines) is 1. The predicted molar refractivity (Wildman–Crippen MR) is 80.5 cm³/mol. The second kappa shape index (κ2) is 5.26. The van der Waals surface area contributed by atoms with Crippen molar-refractivity contribution in [3.63, 3.8) is 0 Å². The lowest BCUT2D eigenvalue weighted by Gasteiger charge is -2.41. The summed E-state index contributed by atoms with van der Waals surface area (Å²) in [5, 5.41) is 1.97. The number of thiophene rings is 1. The third-order valence-corrected chi connectivity index (χ3v) is 5.46. The van der Waals surface area contributed by atoms with E-state index in [1.165, 1.54) is 9.30 Å². The van der Waals surface area contributed by atoms with Crippen LogP contribution >= 0.6 is 33.9 Å². The van der Waals surface area contributed by atoms with E-state index < -0.39 is 0 Å². The molecule has 0 aromatic carbocycles. The molecule has 1 fully saturated rings. The largest absolute Gasteiger partial charge is 0.335 e. The van der Waals surface area contributed by atoms with Crippen LogP contribution in [0.15, 0.2) is 11.4 Å². The van der Waals surface area contributed by atoms with Gasteiger partial charge in [-0.25, -0.2) is 0 Å². The first-order valence-electron chi connectivity index (χ1n) is 6.04.